The van der Waals surface area contributed by atoms with Gasteiger partial charge in [0.15, 0.2) is 0 Å². The number of pyridine rings is 2. The van der Waals surface area contributed by atoms with Crippen molar-refractivity contribution in [1.29, 1.82) is 0 Å². The van der Waals surface area contributed by atoms with E-state index in [1.807, 2.05) is 36.9 Å². The molecule has 0 bridgehead atoms. The molecule has 0 saturated carbocycles. The van der Waals surface area contributed by atoms with Gasteiger partial charge in [-0.25, -0.2) is 0 Å². The lowest BCUT2D eigenvalue weighted by Gasteiger charge is -2.19. The Morgan fingerprint density at radius 3 is 1.70 bits per heavy atom. The summed E-state index contributed by atoms with van der Waals surface area (Å²) in [4.78, 5) is 8.83. The molecule has 0 unspecified atom stereocenters. The predicted octanol–water partition coefficient (Wildman–Crippen LogP) is 7.27. The second-order valence-electron chi connectivity index (χ2n) is 7.49. The summed E-state index contributed by atoms with van der Waals surface area (Å²) in [6.45, 7) is 0. The van der Waals surface area contributed by atoms with E-state index in [4.69, 9.17) is 0 Å². The molecule has 0 saturated heterocycles. The Morgan fingerprint density at radius 2 is 1.03 bits per heavy atom. The standard InChI is InChI=1S/C28H18N2/c1-2-10-22-19(7-1)13-14-25-26(20-8-5-15-29-17-20)23-11-3-4-12-24(23)27(28(22)25)21-9-6-16-30-18-21/h1-18H. The quantitative estimate of drug-likeness (QED) is 0.232. The van der Waals surface area contributed by atoms with Crippen LogP contribution < -0.4 is 0 Å². The summed E-state index contributed by atoms with van der Waals surface area (Å²) < 4.78 is 0. The molecule has 30 heavy (non-hydrogen) atoms. The second-order valence-corrected chi connectivity index (χ2v) is 7.49. The minimum absolute atomic E-state index is 1.13. The average Bonchev–Trinajstić information content (AvgIpc) is 2.83. The summed E-state index contributed by atoms with van der Waals surface area (Å²) in [7, 11) is 0. The minimum atomic E-state index is 1.13. The van der Waals surface area contributed by atoms with Crippen molar-refractivity contribution in [3.05, 3.63) is 110 Å². The van der Waals surface area contributed by atoms with Crippen molar-refractivity contribution in [2.75, 3.05) is 0 Å². The van der Waals surface area contributed by atoms with E-state index in [9.17, 15) is 0 Å². The number of benzene rings is 4. The van der Waals surface area contributed by atoms with Gasteiger partial charge in [0.25, 0.3) is 0 Å². The van der Waals surface area contributed by atoms with Crippen molar-refractivity contribution in [3.63, 3.8) is 0 Å². The van der Waals surface area contributed by atoms with Crippen molar-refractivity contribution in [2.45, 2.75) is 0 Å². The van der Waals surface area contributed by atoms with Crippen LogP contribution in [-0.2, 0) is 0 Å². The molecule has 2 heterocycles. The lowest BCUT2D eigenvalue weighted by atomic mass is 9.84. The van der Waals surface area contributed by atoms with Gasteiger partial charge >= 0.3 is 0 Å². The first kappa shape index (κ1) is 16.9. The smallest absolute Gasteiger partial charge is 0.0346 e. The molecule has 6 rings (SSSR count). The van der Waals surface area contributed by atoms with Crippen LogP contribution in [-0.4, -0.2) is 9.97 Å². The van der Waals surface area contributed by atoms with Crippen LogP contribution in [0.25, 0.3) is 54.6 Å². The lowest BCUT2D eigenvalue weighted by Crippen LogP contribution is -1.92. The molecule has 0 atom stereocenters. The fourth-order valence-electron chi connectivity index (χ4n) is 4.58. The van der Waals surface area contributed by atoms with Crippen LogP contribution in [0.1, 0.15) is 0 Å². The van der Waals surface area contributed by atoms with Gasteiger partial charge in [-0.1, -0.05) is 72.8 Å². The zero-order valence-corrected chi connectivity index (χ0v) is 16.3. The van der Waals surface area contributed by atoms with E-state index < -0.39 is 0 Å². The Labute approximate surface area is 174 Å². The average molecular weight is 382 g/mol. The Morgan fingerprint density at radius 1 is 0.433 bits per heavy atom. The molecule has 2 aromatic heterocycles. The summed E-state index contributed by atoms with van der Waals surface area (Å²) in [6.07, 6.45) is 7.58. The van der Waals surface area contributed by atoms with Gasteiger partial charge in [0.2, 0.25) is 0 Å². The van der Waals surface area contributed by atoms with E-state index in [-0.39, 0.29) is 0 Å². The zero-order valence-electron chi connectivity index (χ0n) is 16.3. The fraction of sp³-hybridized carbons (Fsp3) is 0. The number of hydrogen-bond acceptors (Lipinski definition) is 2. The molecule has 2 nitrogen and oxygen atoms in total. The first-order valence-corrected chi connectivity index (χ1v) is 10.1. The molecule has 0 N–H and O–H groups in total. The topological polar surface area (TPSA) is 25.8 Å². The van der Waals surface area contributed by atoms with Crippen LogP contribution in [0.4, 0.5) is 0 Å². The van der Waals surface area contributed by atoms with Gasteiger partial charge in [0.1, 0.15) is 0 Å². The van der Waals surface area contributed by atoms with Crippen LogP contribution in [0, 0.1) is 0 Å². The summed E-state index contributed by atoms with van der Waals surface area (Å²) >= 11 is 0. The molecule has 2 heteroatoms. The largest absolute Gasteiger partial charge is 0.264 e. The Bertz CT molecular complexity index is 1520. The Kier molecular flexibility index (Phi) is 3.82. The number of nitrogens with zero attached hydrogens (tertiary/aromatic N) is 2. The summed E-state index contributed by atoms with van der Waals surface area (Å²) in [5.74, 6) is 0. The predicted molar refractivity (Wildman–Crippen MR) is 125 cm³/mol. The van der Waals surface area contributed by atoms with E-state index in [0.717, 1.165) is 11.1 Å². The molecule has 0 amide bonds. The number of aromatic nitrogens is 2. The molecular formula is C28H18N2. The molecule has 0 aliphatic rings. The molecular weight excluding hydrogens is 364 g/mol. The fourth-order valence-corrected chi connectivity index (χ4v) is 4.58. The van der Waals surface area contributed by atoms with Crippen molar-refractivity contribution >= 4 is 32.3 Å². The second kappa shape index (κ2) is 6.78. The maximum atomic E-state index is 4.43. The monoisotopic (exact) mass is 382 g/mol. The molecule has 4 aromatic carbocycles. The van der Waals surface area contributed by atoms with Crippen LogP contribution in [0.15, 0.2) is 110 Å². The Balaban J connectivity index is 1.93. The minimum Gasteiger partial charge on any atom is -0.264 e. The third-order valence-electron chi connectivity index (χ3n) is 5.81. The van der Waals surface area contributed by atoms with Crippen molar-refractivity contribution in [2.24, 2.45) is 0 Å². The van der Waals surface area contributed by atoms with Gasteiger partial charge in [-0.2, -0.15) is 0 Å². The van der Waals surface area contributed by atoms with Gasteiger partial charge < -0.3 is 0 Å². The SMILES string of the molecule is c1cncc(-c2c3ccccc3c(-c3cccnc3)c3c2ccc2ccccc23)c1. The number of hydrogen-bond donors (Lipinski definition) is 0. The van der Waals surface area contributed by atoms with Crippen LogP contribution in [0.3, 0.4) is 0 Å². The first-order valence-electron chi connectivity index (χ1n) is 10.1. The van der Waals surface area contributed by atoms with E-state index >= 15 is 0 Å². The Hall–Kier alpha value is -4.04. The molecule has 0 radical (unpaired) electrons. The number of rotatable bonds is 2. The summed E-state index contributed by atoms with van der Waals surface area (Å²) in [5.41, 5.74) is 4.73. The summed E-state index contributed by atoms with van der Waals surface area (Å²) in [5, 5.41) is 7.45. The third-order valence-corrected chi connectivity index (χ3v) is 5.81. The van der Waals surface area contributed by atoms with Crippen LogP contribution in [0.2, 0.25) is 0 Å². The van der Waals surface area contributed by atoms with Crippen molar-refractivity contribution in [1.82, 2.24) is 9.97 Å². The molecule has 140 valence electrons. The van der Waals surface area contributed by atoms with Crippen LogP contribution >= 0.6 is 0 Å². The molecule has 6 aromatic rings. The van der Waals surface area contributed by atoms with Crippen LogP contribution in [0.5, 0.6) is 0 Å². The van der Waals surface area contributed by atoms with Gasteiger partial charge in [0.05, 0.1) is 0 Å². The van der Waals surface area contributed by atoms with E-state index in [1.54, 1.807) is 0 Å². The summed E-state index contributed by atoms with van der Waals surface area (Å²) in [6, 6.07) is 30.1. The maximum Gasteiger partial charge on any atom is 0.0346 e. The van der Waals surface area contributed by atoms with E-state index in [2.05, 4.69) is 82.8 Å². The first-order chi connectivity index (χ1) is 14.9. The van der Waals surface area contributed by atoms with Gasteiger partial charge in [-0.05, 0) is 55.6 Å². The zero-order chi connectivity index (χ0) is 19.9. The van der Waals surface area contributed by atoms with Crippen molar-refractivity contribution < 1.29 is 0 Å². The van der Waals surface area contributed by atoms with Gasteiger partial charge in [-0.3, -0.25) is 9.97 Å². The molecule has 0 spiro atoms. The molecule has 0 fully saturated rings. The highest BCUT2D eigenvalue weighted by atomic mass is 14.6. The highest BCUT2D eigenvalue weighted by molar-refractivity contribution is 6.27. The molecule has 0 aliphatic heterocycles. The third kappa shape index (κ3) is 2.51. The lowest BCUT2D eigenvalue weighted by molar-refractivity contribution is 1.33. The molecule has 0 aliphatic carbocycles. The van der Waals surface area contributed by atoms with E-state index in [1.165, 1.54) is 43.4 Å². The van der Waals surface area contributed by atoms with Gasteiger partial charge in [0, 0.05) is 35.9 Å². The highest BCUT2D eigenvalue weighted by Gasteiger charge is 2.18. The maximum absolute atomic E-state index is 4.43. The number of fused-ring (bicyclic) bond motifs is 4. The normalized spacial score (nSPS) is 11.3. The van der Waals surface area contributed by atoms with Crippen molar-refractivity contribution in [3.8, 4) is 22.3 Å². The highest BCUT2D eigenvalue weighted by Crippen LogP contribution is 2.45. The van der Waals surface area contributed by atoms with Gasteiger partial charge in [-0.15, -0.1) is 0 Å². The van der Waals surface area contributed by atoms with E-state index in [0.29, 0.717) is 0 Å².